The van der Waals surface area contributed by atoms with Gasteiger partial charge in [-0.15, -0.1) is 11.3 Å². The topological polar surface area (TPSA) is 51.2 Å². The molecule has 1 fully saturated rings. The van der Waals surface area contributed by atoms with Crippen molar-refractivity contribution in [3.8, 4) is 0 Å². The lowest BCUT2D eigenvalue weighted by Gasteiger charge is -2.36. The van der Waals surface area contributed by atoms with E-state index >= 15 is 0 Å². The number of aryl methyl sites for hydroxylation is 1. The van der Waals surface area contributed by atoms with Crippen molar-refractivity contribution >= 4 is 39.1 Å². The number of nitrogens with zero attached hydrogens (tertiary/aromatic N) is 1. The number of ether oxygens (including phenoxy) is 1. The first-order valence-electron chi connectivity index (χ1n) is 9.64. The van der Waals surface area contributed by atoms with Gasteiger partial charge in [-0.05, 0) is 43.0 Å². The summed E-state index contributed by atoms with van der Waals surface area (Å²) in [5, 5.41) is 4.91. The zero-order valence-electron chi connectivity index (χ0n) is 15.6. The van der Waals surface area contributed by atoms with Gasteiger partial charge in [0.25, 0.3) is 0 Å². The molecule has 1 aliphatic heterocycles. The summed E-state index contributed by atoms with van der Waals surface area (Å²) in [6.45, 7) is 1.77. The van der Waals surface area contributed by atoms with Gasteiger partial charge < -0.3 is 10.1 Å². The Balaban J connectivity index is 1.40. The molecule has 1 aromatic heterocycles. The lowest BCUT2D eigenvalue weighted by molar-refractivity contribution is -0.130. The molecule has 0 atom stereocenters. The molecule has 0 aliphatic carbocycles. The van der Waals surface area contributed by atoms with Crippen LogP contribution in [0.5, 0.6) is 0 Å². The van der Waals surface area contributed by atoms with Crippen molar-refractivity contribution in [1.82, 2.24) is 10.3 Å². The van der Waals surface area contributed by atoms with Gasteiger partial charge in [0, 0.05) is 31.2 Å². The summed E-state index contributed by atoms with van der Waals surface area (Å²) >= 11 is 8.17. The third kappa shape index (κ3) is 3.93. The molecule has 146 valence electrons. The highest BCUT2D eigenvalue weighted by molar-refractivity contribution is 7.18. The van der Waals surface area contributed by atoms with Gasteiger partial charge in [-0.25, -0.2) is 4.98 Å². The van der Waals surface area contributed by atoms with E-state index < -0.39 is 5.41 Å². The normalized spacial score (nSPS) is 16.2. The number of para-hydroxylation sites is 1. The van der Waals surface area contributed by atoms with E-state index in [1.807, 2.05) is 42.5 Å². The molecule has 1 N–H and O–H groups in total. The van der Waals surface area contributed by atoms with E-state index in [2.05, 4.69) is 16.4 Å². The first-order valence-corrected chi connectivity index (χ1v) is 10.8. The van der Waals surface area contributed by atoms with E-state index in [0.29, 0.717) is 37.6 Å². The monoisotopic (exact) mass is 414 g/mol. The summed E-state index contributed by atoms with van der Waals surface area (Å²) in [4.78, 5) is 17.9. The van der Waals surface area contributed by atoms with E-state index in [1.165, 1.54) is 4.70 Å². The third-order valence-electron chi connectivity index (χ3n) is 5.36. The molecule has 2 heterocycles. The number of halogens is 1. The van der Waals surface area contributed by atoms with Gasteiger partial charge >= 0.3 is 0 Å². The quantitative estimate of drug-likeness (QED) is 0.592. The number of nitrogens with one attached hydrogen (secondary N) is 1. The van der Waals surface area contributed by atoms with Crippen molar-refractivity contribution < 1.29 is 9.53 Å². The molecule has 4 rings (SSSR count). The van der Waals surface area contributed by atoms with Crippen LogP contribution in [-0.4, -0.2) is 30.6 Å². The van der Waals surface area contributed by atoms with Crippen LogP contribution in [0, 0.1) is 0 Å². The summed E-state index contributed by atoms with van der Waals surface area (Å²) in [5.41, 5.74) is 1.35. The van der Waals surface area contributed by atoms with Crippen LogP contribution in [-0.2, 0) is 21.4 Å². The lowest BCUT2D eigenvalue weighted by atomic mass is 9.73. The molecular weight excluding hydrogens is 392 g/mol. The van der Waals surface area contributed by atoms with Gasteiger partial charge in [-0.1, -0.05) is 41.9 Å². The molecule has 0 saturated carbocycles. The van der Waals surface area contributed by atoms with Crippen LogP contribution in [0.25, 0.3) is 10.2 Å². The van der Waals surface area contributed by atoms with Crippen LogP contribution in [0.2, 0.25) is 5.02 Å². The number of benzene rings is 2. The lowest BCUT2D eigenvalue weighted by Crippen LogP contribution is -2.48. The highest BCUT2D eigenvalue weighted by atomic mass is 35.5. The minimum atomic E-state index is -0.605. The molecule has 1 aliphatic rings. The Morgan fingerprint density at radius 2 is 1.89 bits per heavy atom. The van der Waals surface area contributed by atoms with Gasteiger partial charge in [0.2, 0.25) is 5.91 Å². The molecule has 0 spiro atoms. The predicted molar refractivity (Wildman–Crippen MR) is 114 cm³/mol. The van der Waals surface area contributed by atoms with Crippen LogP contribution < -0.4 is 5.32 Å². The van der Waals surface area contributed by atoms with E-state index in [9.17, 15) is 4.79 Å². The molecule has 6 heteroatoms. The molecule has 2 aromatic carbocycles. The van der Waals surface area contributed by atoms with Gasteiger partial charge in [-0.2, -0.15) is 0 Å². The Bertz CT molecular complexity index is 933. The van der Waals surface area contributed by atoms with Crippen molar-refractivity contribution in [2.24, 2.45) is 0 Å². The Kier molecular flexibility index (Phi) is 5.95. The summed E-state index contributed by atoms with van der Waals surface area (Å²) in [5.74, 6) is 0.0493. The van der Waals surface area contributed by atoms with Crippen LogP contribution in [0.1, 0.15) is 29.8 Å². The highest BCUT2D eigenvalue weighted by Gasteiger charge is 2.42. The van der Waals surface area contributed by atoms with Crippen LogP contribution in [0.4, 0.5) is 0 Å². The minimum absolute atomic E-state index is 0.0493. The van der Waals surface area contributed by atoms with E-state index in [-0.39, 0.29) is 5.91 Å². The minimum Gasteiger partial charge on any atom is -0.381 e. The molecule has 0 radical (unpaired) electrons. The Labute approximate surface area is 173 Å². The SMILES string of the molecule is O=C(NCCCc1nc2ccccc2s1)C1(c2ccccc2Cl)CCOCC1. The predicted octanol–water partition coefficient (Wildman–Crippen LogP) is 4.75. The van der Waals surface area contributed by atoms with E-state index in [4.69, 9.17) is 16.3 Å². The molecular formula is C22H23ClN2O2S. The molecule has 28 heavy (non-hydrogen) atoms. The number of thiazole rings is 1. The Hall–Kier alpha value is -1.95. The van der Waals surface area contributed by atoms with Crippen molar-refractivity contribution in [3.05, 3.63) is 64.1 Å². The molecule has 0 bridgehead atoms. The van der Waals surface area contributed by atoms with Crippen LogP contribution >= 0.6 is 22.9 Å². The molecule has 4 nitrogen and oxygen atoms in total. The third-order valence-corrected chi connectivity index (χ3v) is 6.79. The molecule has 1 amide bonds. The Morgan fingerprint density at radius 1 is 1.14 bits per heavy atom. The zero-order valence-corrected chi connectivity index (χ0v) is 17.2. The number of carbonyl (C=O) groups is 1. The van der Waals surface area contributed by atoms with Gasteiger partial charge in [-0.3, -0.25) is 4.79 Å². The second-order valence-electron chi connectivity index (χ2n) is 7.11. The van der Waals surface area contributed by atoms with Crippen molar-refractivity contribution in [3.63, 3.8) is 0 Å². The van der Waals surface area contributed by atoms with Crippen molar-refractivity contribution in [2.45, 2.75) is 31.1 Å². The molecule has 0 unspecified atom stereocenters. The number of hydrogen-bond donors (Lipinski definition) is 1. The number of carbonyl (C=O) groups excluding carboxylic acids is 1. The fourth-order valence-corrected chi connectivity index (χ4v) is 5.15. The smallest absolute Gasteiger partial charge is 0.230 e. The number of fused-ring (bicyclic) bond motifs is 1. The van der Waals surface area contributed by atoms with E-state index in [1.54, 1.807) is 11.3 Å². The van der Waals surface area contributed by atoms with Crippen molar-refractivity contribution in [2.75, 3.05) is 19.8 Å². The number of rotatable bonds is 6. The summed E-state index contributed by atoms with van der Waals surface area (Å²) in [6, 6.07) is 15.8. The standard InChI is InChI=1S/C22H23ClN2O2S/c23-17-7-2-1-6-16(17)22(11-14-27-15-12-22)21(26)24-13-5-10-20-25-18-8-3-4-9-19(18)28-20/h1-4,6-9H,5,10-15H2,(H,24,26). The number of amides is 1. The maximum Gasteiger partial charge on any atom is 0.230 e. The highest BCUT2D eigenvalue weighted by Crippen LogP contribution is 2.38. The van der Waals surface area contributed by atoms with Gasteiger partial charge in [0.05, 0.1) is 20.6 Å². The van der Waals surface area contributed by atoms with Crippen LogP contribution in [0.3, 0.4) is 0 Å². The van der Waals surface area contributed by atoms with E-state index in [0.717, 1.165) is 28.9 Å². The maximum atomic E-state index is 13.2. The second kappa shape index (κ2) is 8.60. The molecule has 1 saturated heterocycles. The number of aromatic nitrogens is 1. The molecule has 3 aromatic rings. The summed E-state index contributed by atoms with van der Waals surface area (Å²) in [7, 11) is 0. The van der Waals surface area contributed by atoms with Gasteiger partial charge in [0.15, 0.2) is 0 Å². The average Bonchev–Trinajstić information content (AvgIpc) is 3.15. The first kappa shape index (κ1) is 19.4. The first-order chi connectivity index (χ1) is 13.7. The van der Waals surface area contributed by atoms with Gasteiger partial charge in [0.1, 0.15) is 0 Å². The van der Waals surface area contributed by atoms with Crippen molar-refractivity contribution in [1.29, 1.82) is 0 Å². The number of hydrogen-bond acceptors (Lipinski definition) is 4. The Morgan fingerprint density at radius 3 is 2.68 bits per heavy atom. The largest absolute Gasteiger partial charge is 0.381 e. The average molecular weight is 415 g/mol. The second-order valence-corrected chi connectivity index (χ2v) is 8.63. The maximum absolute atomic E-state index is 13.2. The fourth-order valence-electron chi connectivity index (χ4n) is 3.83. The van der Waals surface area contributed by atoms with Crippen LogP contribution in [0.15, 0.2) is 48.5 Å². The summed E-state index contributed by atoms with van der Waals surface area (Å²) in [6.07, 6.45) is 3.03. The zero-order chi connectivity index (χ0) is 19.4. The summed E-state index contributed by atoms with van der Waals surface area (Å²) < 4.78 is 6.73. The fraction of sp³-hybridized carbons (Fsp3) is 0.364.